The number of aromatic nitrogens is 2. The molecule has 0 amide bonds. The Morgan fingerprint density at radius 3 is 2.48 bits per heavy atom. The third-order valence-corrected chi connectivity index (χ3v) is 5.88. The van der Waals surface area contributed by atoms with Gasteiger partial charge in [0.1, 0.15) is 5.82 Å². The van der Waals surface area contributed by atoms with Gasteiger partial charge >= 0.3 is 0 Å². The van der Waals surface area contributed by atoms with Gasteiger partial charge in [0.25, 0.3) is 5.56 Å². The minimum atomic E-state index is -0.166. The molecule has 4 aromatic rings. The number of nitrogens with zero attached hydrogens (tertiary/aromatic N) is 3. The smallest absolute Gasteiger partial charge is 0.267 e. The summed E-state index contributed by atoms with van der Waals surface area (Å²) in [7, 11) is 0. The van der Waals surface area contributed by atoms with E-state index in [4.69, 9.17) is 0 Å². The molecule has 4 nitrogen and oxygen atoms in total. The number of hydrogen-bond donors (Lipinski definition) is 0. The van der Waals surface area contributed by atoms with E-state index in [1.165, 1.54) is 9.57 Å². The van der Waals surface area contributed by atoms with Crippen LogP contribution >= 0.6 is 27.7 Å². The fourth-order valence-corrected chi connectivity index (χ4v) is 4.11. The average molecular weight is 464 g/mol. The quantitative estimate of drug-likeness (QED) is 0.353. The lowest BCUT2D eigenvalue weighted by Crippen LogP contribution is -2.22. The van der Waals surface area contributed by atoms with Crippen LogP contribution in [-0.4, -0.2) is 15.9 Å². The Kier molecular flexibility index (Phi) is 5.92. The van der Waals surface area contributed by atoms with Gasteiger partial charge in [0, 0.05) is 20.7 Å². The highest BCUT2D eigenvalue weighted by atomic mass is 79.9. The molecule has 0 atom stereocenters. The van der Waals surface area contributed by atoms with Gasteiger partial charge in [-0.15, -0.1) is 0 Å². The summed E-state index contributed by atoms with van der Waals surface area (Å²) in [6.45, 7) is 1.97. The second-order valence-corrected chi connectivity index (χ2v) is 8.45. The van der Waals surface area contributed by atoms with Gasteiger partial charge in [-0.25, -0.2) is 4.98 Å². The summed E-state index contributed by atoms with van der Waals surface area (Å²) in [5.74, 6) is 0.636. The highest BCUT2D eigenvalue weighted by Gasteiger charge is 2.09. The third-order valence-electron chi connectivity index (χ3n) is 4.37. The molecule has 1 heterocycles. The van der Waals surface area contributed by atoms with Gasteiger partial charge in [-0.1, -0.05) is 64.9 Å². The summed E-state index contributed by atoms with van der Waals surface area (Å²) in [6, 6.07) is 23.9. The highest BCUT2D eigenvalue weighted by molar-refractivity contribution is 9.10. The van der Waals surface area contributed by atoms with Gasteiger partial charge in [0.15, 0.2) is 0 Å². The molecule has 6 heteroatoms. The van der Waals surface area contributed by atoms with E-state index < -0.39 is 0 Å². The molecule has 0 fully saturated rings. The van der Waals surface area contributed by atoms with E-state index in [-0.39, 0.29) is 5.56 Å². The van der Waals surface area contributed by atoms with Gasteiger partial charge in [0.05, 0.1) is 17.1 Å². The first-order valence-electron chi connectivity index (χ1n) is 9.22. The van der Waals surface area contributed by atoms with Crippen molar-refractivity contribution in [2.45, 2.75) is 23.1 Å². The molecule has 0 aliphatic rings. The number of benzene rings is 3. The Balaban J connectivity index is 1.62. The molecule has 3 aromatic carbocycles. The molecule has 0 N–H and O–H groups in total. The average Bonchev–Trinajstić information content (AvgIpc) is 2.75. The molecular formula is C23H18BrN3OS. The zero-order valence-corrected chi connectivity index (χ0v) is 18.2. The van der Waals surface area contributed by atoms with E-state index in [0.717, 1.165) is 14.9 Å². The van der Waals surface area contributed by atoms with Crippen molar-refractivity contribution in [1.29, 1.82) is 0 Å². The maximum Gasteiger partial charge on any atom is 0.282 e. The molecule has 29 heavy (non-hydrogen) atoms. The van der Waals surface area contributed by atoms with Crippen LogP contribution in [0.3, 0.4) is 0 Å². The zero-order chi connectivity index (χ0) is 20.2. The van der Waals surface area contributed by atoms with Gasteiger partial charge in [0.2, 0.25) is 0 Å². The molecule has 0 bridgehead atoms. The molecule has 0 aliphatic heterocycles. The van der Waals surface area contributed by atoms with Crippen LogP contribution < -0.4 is 5.56 Å². The first-order valence-corrected chi connectivity index (χ1v) is 10.8. The molecule has 0 spiro atoms. The second kappa shape index (κ2) is 8.76. The minimum absolute atomic E-state index is 0.166. The SMILES string of the molecule is CCc1nc2ccc(Br)cc2c(=O)n1N=Cc1ccc(Sc2ccccc2)cc1. The maximum atomic E-state index is 12.9. The lowest BCUT2D eigenvalue weighted by molar-refractivity contribution is 0.734. The van der Waals surface area contributed by atoms with E-state index in [1.807, 2.05) is 49.4 Å². The number of rotatable bonds is 5. The molecule has 0 unspecified atom stereocenters. The van der Waals surface area contributed by atoms with Crippen LogP contribution in [0.5, 0.6) is 0 Å². The van der Waals surface area contributed by atoms with Crippen molar-refractivity contribution in [3.63, 3.8) is 0 Å². The van der Waals surface area contributed by atoms with E-state index in [0.29, 0.717) is 23.1 Å². The van der Waals surface area contributed by atoms with E-state index >= 15 is 0 Å². The molecule has 0 radical (unpaired) electrons. The van der Waals surface area contributed by atoms with Crippen LogP contribution in [0.15, 0.2) is 97.0 Å². The van der Waals surface area contributed by atoms with Crippen molar-refractivity contribution in [3.05, 3.63) is 99.0 Å². The fraction of sp³-hybridized carbons (Fsp3) is 0.0870. The Morgan fingerprint density at radius 2 is 1.76 bits per heavy atom. The van der Waals surface area contributed by atoms with E-state index in [1.54, 1.807) is 24.0 Å². The van der Waals surface area contributed by atoms with Gasteiger partial charge in [-0.2, -0.15) is 9.78 Å². The second-order valence-electron chi connectivity index (χ2n) is 6.39. The number of hydrogen-bond acceptors (Lipinski definition) is 4. The zero-order valence-electron chi connectivity index (χ0n) is 15.7. The van der Waals surface area contributed by atoms with E-state index in [2.05, 4.69) is 50.3 Å². The Bertz CT molecular complexity index is 1230. The molecule has 4 rings (SSSR count). The Labute approximate surface area is 181 Å². The van der Waals surface area contributed by atoms with Gasteiger partial charge in [-0.3, -0.25) is 4.79 Å². The highest BCUT2D eigenvalue weighted by Crippen LogP contribution is 2.27. The van der Waals surface area contributed by atoms with Crippen LogP contribution in [0.4, 0.5) is 0 Å². The number of aryl methyl sites for hydroxylation is 1. The van der Waals surface area contributed by atoms with Crippen LogP contribution in [0.2, 0.25) is 0 Å². The molecule has 0 saturated carbocycles. The largest absolute Gasteiger partial charge is 0.282 e. The molecule has 1 aromatic heterocycles. The first-order chi connectivity index (χ1) is 14.1. The molecule has 144 valence electrons. The standard InChI is InChI=1S/C23H18BrN3OS/c1-2-22-26-21-13-10-17(24)14-20(21)23(28)27(22)25-15-16-8-11-19(12-9-16)29-18-6-4-3-5-7-18/h3-15H,2H2,1H3. The summed E-state index contributed by atoms with van der Waals surface area (Å²) in [4.78, 5) is 19.9. The maximum absolute atomic E-state index is 12.9. The van der Waals surface area contributed by atoms with Crippen molar-refractivity contribution in [3.8, 4) is 0 Å². The van der Waals surface area contributed by atoms with Crippen LogP contribution in [0.1, 0.15) is 18.3 Å². The summed E-state index contributed by atoms with van der Waals surface area (Å²) < 4.78 is 2.23. The summed E-state index contributed by atoms with van der Waals surface area (Å²) in [6.07, 6.45) is 2.31. The van der Waals surface area contributed by atoms with Crippen molar-refractivity contribution in [2.75, 3.05) is 0 Å². The van der Waals surface area contributed by atoms with Crippen LogP contribution in [0.25, 0.3) is 10.9 Å². The van der Waals surface area contributed by atoms with Crippen LogP contribution in [-0.2, 0) is 6.42 Å². The summed E-state index contributed by atoms with van der Waals surface area (Å²) >= 11 is 5.12. The fourth-order valence-electron chi connectivity index (χ4n) is 2.91. The molecular weight excluding hydrogens is 446 g/mol. The minimum Gasteiger partial charge on any atom is -0.267 e. The summed E-state index contributed by atoms with van der Waals surface area (Å²) in [5.41, 5.74) is 1.44. The lowest BCUT2D eigenvalue weighted by atomic mass is 10.2. The topological polar surface area (TPSA) is 47.2 Å². The summed E-state index contributed by atoms with van der Waals surface area (Å²) in [5, 5.41) is 4.98. The van der Waals surface area contributed by atoms with Crippen molar-refractivity contribution in [2.24, 2.45) is 5.10 Å². The normalized spacial score (nSPS) is 11.4. The van der Waals surface area contributed by atoms with Crippen LogP contribution in [0, 0.1) is 0 Å². The first kappa shape index (κ1) is 19.6. The Morgan fingerprint density at radius 1 is 1.03 bits per heavy atom. The van der Waals surface area contributed by atoms with Crippen molar-refractivity contribution < 1.29 is 0 Å². The van der Waals surface area contributed by atoms with Crippen molar-refractivity contribution >= 4 is 44.8 Å². The number of fused-ring (bicyclic) bond motifs is 1. The van der Waals surface area contributed by atoms with E-state index in [9.17, 15) is 4.79 Å². The van der Waals surface area contributed by atoms with Gasteiger partial charge in [-0.05, 0) is 48.0 Å². The van der Waals surface area contributed by atoms with Crippen molar-refractivity contribution in [1.82, 2.24) is 9.66 Å². The lowest BCUT2D eigenvalue weighted by Gasteiger charge is -2.07. The molecule has 0 saturated heterocycles. The third kappa shape index (κ3) is 4.49. The Hall–Kier alpha value is -2.70. The molecule has 0 aliphatic carbocycles. The monoisotopic (exact) mass is 463 g/mol. The van der Waals surface area contributed by atoms with Gasteiger partial charge < -0.3 is 0 Å². The predicted octanol–water partition coefficient (Wildman–Crippen LogP) is 5.75. The predicted molar refractivity (Wildman–Crippen MR) is 123 cm³/mol. The number of halogens is 1.